The van der Waals surface area contributed by atoms with Crippen LogP contribution in [-0.2, 0) is 21.4 Å². The number of fused-ring (bicyclic) bond motifs is 2. The Kier molecular flexibility index (Phi) is 5.74. The van der Waals surface area contributed by atoms with E-state index in [1.54, 1.807) is 4.90 Å². The number of allylic oxidation sites excluding steroid dienone is 3. The van der Waals surface area contributed by atoms with E-state index < -0.39 is 6.61 Å². The minimum absolute atomic E-state index is 0.00766. The number of aliphatic hydroxyl groups is 1. The normalized spacial score (nSPS) is 23.6. The van der Waals surface area contributed by atoms with Crippen molar-refractivity contribution in [1.82, 2.24) is 15.0 Å². The van der Waals surface area contributed by atoms with Crippen molar-refractivity contribution in [2.24, 2.45) is 0 Å². The van der Waals surface area contributed by atoms with E-state index in [9.17, 15) is 15.2 Å². The van der Waals surface area contributed by atoms with Gasteiger partial charge in [0.15, 0.2) is 0 Å². The predicted octanol–water partition coefficient (Wildman–Crippen LogP) is 3.39. The first kappa shape index (κ1) is 22.4. The Morgan fingerprint density at radius 2 is 2.26 bits per heavy atom. The summed E-state index contributed by atoms with van der Waals surface area (Å²) in [5, 5.41) is 23.1. The van der Waals surface area contributed by atoms with Gasteiger partial charge in [0.1, 0.15) is 12.4 Å². The number of amides is 1. The average molecular weight is 461 g/mol. The third kappa shape index (κ3) is 3.80. The lowest BCUT2D eigenvalue weighted by Gasteiger charge is -2.25. The van der Waals surface area contributed by atoms with Crippen LogP contribution >= 0.6 is 0 Å². The third-order valence-corrected chi connectivity index (χ3v) is 7.14. The fourth-order valence-corrected chi connectivity index (χ4v) is 5.49. The van der Waals surface area contributed by atoms with Gasteiger partial charge in [0.05, 0.1) is 23.7 Å². The van der Waals surface area contributed by atoms with E-state index in [-0.39, 0.29) is 23.3 Å². The van der Waals surface area contributed by atoms with E-state index in [4.69, 9.17) is 14.2 Å². The van der Waals surface area contributed by atoms with Gasteiger partial charge < -0.3 is 19.3 Å². The van der Waals surface area contributed by atoms with Crippen LogP contribution in [0, 0.1) is 11.3 Å². The topological polar surface area (TPSA) is 112 Å². The van der Waals surface area contributed by atoms with Crippen LogP contribution in [0.15, 0.2) is 46.2 Å². The summed E-state index contributed by atoms with van der Waals surface area (Å²) in [4.78, 5) is 18.5. The van der Waals surface area contributed by atoms with Crippen molar-refractivity contribution >= 4 is 5.91 Å². The Morgan fingerprint density at radius 3 is 3.03 bits per heavy atom. The van der Waals surface area contributed by atoms with Gasteiger partial charge in [-0.3, -0.25) is 4.79 Å². The van der Waals surface area contributed by atoms with Crippen molar-refractivity contribution in [3.63, 3.8) is 0 Å². The van der Waals surface area contributed by atoms with Gasteiger partial charge in [-0.2, -0.15) is 10.2 Å². The molecule has 2 aromatic rings. The highest BCUT2D eigenvalue weighted by Crippen LogP contribution is 2.48. The molecule has 0 bridgehead atoms. The van der Waals surface area contributed by atoms with Crippen LogP contribution in [0.1, 0.15) is 56.0 Å². The van der Waals surface area contributed by atoms with E-state index in [0.717, 1.165) is 24.8 Å². The van der Waals surface area contributed by atoms with Crippen LogP contribution in [0.3, 0.4) is 0 Å². The summed E-state index contributed by atoms with van der Waals surface area (Å²) in [7, 11) is 0. The minimum atomic E-state index is -0.446. The predicted molar refractivity (Wildman–Crippen MR) is 123 cm³/mol. The highest BCUT2D eigenvalue weighted by Gasteiger charge is 2.46. The van der Waals surface area contributed by atoms with Crippen LogP contribution in [-0.4, -0.2) is 51.9 Å². The van der Waals surface area contributed by atoms with E-state index in [1.807, 2.05) is 38.1 Å². The van der Waals surface area contributed by atoms with Gasteiger partial charge in [-0.25, -0.2) is 0 Å². The van der Waals surface area contributed by atoms with Crippen molar-refractivity contribution in [3.05, 3.63) is 58.7 Å². The standard InChI is InChI=1S/C26H28N4O4/c1-16(2)33-22-7-6-17(12-18(22)13-27)25-28-24(29-34-25)20-4-3-5-21-19(20)8-9-26(21)10-11-30(15-26)23(32)14-31/h3-7,16-17,31H,8-12,14-15H2,1-2H3. The zero-order valence-electron chi connectivity index (χ0n) is 19.5. The first-order chi connectivity index (χ1) is 16.4. The SMILES string of the molecule is CC(C)OC1=C(C#N)CC(c2nc(-c3cccc4c3CCC43CCN(C(=O)CO)C3)no2)C=C1. The van der Waals surface area contributed by atoms with Gasteiger partial charge in [-0.15, -0.1) is 0 Å². The second-order valence-electron chi connectivity index (χ2n) is 9.58. The molecule has 1 aromatic heterocycles. The molecule has 8 heteroatoms. The van der Waals surface area contributed by atoms with E-state index in [1.165, 1.54) is 11.1 Å². The molecule has 2 aliphatic carbocycles. The first-order valence-corrected chi connectivity index (χ1v) is 11.8. The van der Waals surface area contributed by atoms with Gasteiger partial charge in [0.2, 0.25) is 17.6 Å². The minimum Gasteiger partial charge on any atom is -0.490 e. The molecule has 1 aliphatic heterocycles. The smallest absolute Gasteiger partial charge is 0.248 e. The highest BCUT2D eigenvalue weighted by atomic mass is 16.5. The quantitative estimate of drug-likeness (QED) is 0.728. The van der Waals surface area contributed by atoms with Gasteiger partial charge in [-0.05, 0) is 50.3 Å². The third-order valence-electron chi connectivity index (χ3n) is 7.14. The van der Waals surface area contributed by atoms with Crippen LogP contribution < -0.4 is 0 Å². The molecule has 5 rings (SSSR count). The van der Waals surface area contributed by atoms with Crippen molar-refractivity contribution < 1.29 is 19.2 Å². The molecule has 2 unspecified atom stereocenters. The van der Waals surface area contributed by atoms with Gasteiger partial charge >= 0.3 is 0 Å². The molecular weight excluding hydrogens is 432 g/mol. The molecule has 34 heavy (non-hydrogen) atoms. The Hall–Kier alpha value is -3.44. The number of aromatic nitrogens is 2. The molecule has 1 fully saturated rings. The van der Waals surface area contributed by atoms with Gasteiger partial charge in [0.25, 0.3) is 0 Å². The largest absolute Gasteiger partial charge is 0.490 e. The van der Waals surface area contributed by atoms with Gasteiger partial charge in [-0.1, -0.05) is 29.4 Å². The van der Waals surface area contributed by atoms with E-state index >= 15 is 0 Å². The number of hydrogen-bond acceptors (Lipinski definition) is 7. The fraction of sp³-hybridized carbons (Fsp3) is 0.462. The highest BCUT2D eigenvalue weighted by molar-refractivity contribution is 5.78. The summed E-state index contributed by atoms with van der Waals surface area (Å²) < 4.78 is 11.4. The number of nitriles is 1. The summed E-state index contributed by atoms with van der Waals surface area (Å²) in [6.45, 7) is 4.72. The monoisotopic (exact) mass is 460 g/mol. The second kappa shape index (κ2) is 8.73. The second-order valence-corrected chi connectivity index (χ2v) is 9.58. The molecule has 1 N–H and O–H groups in total. The summed E-state index contributed by atoms with van der Waals surface area (Å²) >= 11 is 0. The van der Waals surface area contributed by atoms with Crippen LogP contribution in [0.5, 0.6) is 0 Å². The molecule has 2 heterocycles. The Labute approximate surface area is 198 Å². The number of carbonyl (C=O) groups excluding carboxylic acids is 1. The maximum Gasteiger partial charge on any atom is 0.248 e. The molecule has 0 radical (unpaired) electrons. The van der Waals surface area contributed by atoms with Crippen molar-refractivity contribution in [2.45, 2.75) is 57.0 Å². The number of aliphatic hydroxyl groups excluding tert-OH is 1. The molecule has 1 amide bonds. The zero-order valence-corrected chi connectivity index (χ0v) is 19.5. The maximum atomic E-state index is 12.0. The van der Waals surface area contributed by atoms with Crippen molar-refractivity contribution in [2.75, 3.05) is 19.7 Å². The molecule has 3 aliphatic rings. The summed E-state index contributed by atoms with van der Waals surface area (Å²) in [5.41, 5.74) is 3.90. The lowest BCUT2D eigenvalue weighted by molar-refractivity contribution is -0.133. The lowest BCUT2D eigenvalue weighted by Crippen LogP contribution is -2.34. The molecule has 8 nitrogen and oxygen atoms in total. The number of nitrogens with zero attached hydrogens (tertiary/aromatic N) is 4. The molecule has 2 atom stereocenters. The maximum absolute atomic E-state index is 12.0. The van der Waals surface area contributed by atoms with Crippen LogP contribution in [0.2, 0.25) is 0 Å². The molecule has 176 valence electrons. The molecular formula is C26H28N4O4. The average Bonchev–Trinajstić information content (AvgIpc) is 3.58. The zero-order chi connectivity index (χ0) is 23.9. The summed E-state index contributed by atoms with van der Waals surface area (Å²) in [5.74, 6) is 1.24. The number of ether oxygens (including phenoxy) is 1. The van der Waals surface area contributed by atoms with Gasteiger partial charge in [0, 0.05) is 30.5 Å². The number of hydrogen-bond donors (Lipinski definition) is 1. The number of rotatable bonds is 5. The van der Waals surface area contributed by atoms with Crippen molar-refractivity contribution in [3.8, 4) is 17.5 Å². The number of carbonyl (C=O) groups is 1. The Bertz CT molecular complexity index is 1220. The van der Waals surface area contributed by atoms with Crippen LogP contribution in [0.4, 0.5) is 0 Å². The molecule has 0 saturated carbocycles. The van der Waals surface area contributed by atoms with E-state index in [2.05, 4.69) is 17.3 Å². The Morgan fingerprint density at radius 1 is 1.41 bits per heavy atom. The van der Waals surface area contributed by atoms with Crippen molar-refractivity contribution in [1.29, 1.82) is 5.26 Å². The number of benzene rings is 1. The van der Waals surface area contributed by atoms with Crippen LogP contribution in [0.25, 0.3) is 11.4 Å². The number of likely N-dealkylation sites (tertiary alicyclic amines) is 1. The summed E-state index contributed by atoms with van der Waals surface area (Å²) in [6, 6.07) is 8.42. The summed E-state index contributed by atoms with van der Waals surface area (Å²) in [6.07, 6.45) is 6.96. The Balaban J connectivity index is 1.39. The molecule has 1 spiro atoms. The lowest BCUT2D eigenvalue weighted by atomic mass is 9.81. The van der Waals surface area contributed by atoms with E-state index in [0.29, 0.717) is 42.6 Å². The fourth-order valence-electron chi connectivity index (χ4n) is 5.49. The molecule has 1 aromatic carbocycles. The molecule has 1 saturated heterocycles. The first-order valence-electron chi connectivity index (χ1n) is 11.8.